The highest BCUT2D eigenvalue weighted by Gasteiger charge is 2.44. The van der Waals surface area contributed by atoms with E-state index in [4.69, 9.17) is 13.9 Å². The summed E-state index contributed by atoms with van der Waals surface area (Å²) in [5, 5.41) is 0.853. The lowest BCUT2D eigenvalue weighted by Crippen LogP contribution is -2.00. The topological polar surface area (TPSA) is 52.0 Å². The predicted molar refractivity (Wildman–Crippen MR) is 71.5 cm³/mol. The third-order valence-corrected chi connectivity index (χ3v) is 3.27. The molecule has 1 fully saturated rings. The smallest absolute Gasteiger partial charge is 0.336 e. The summed E-state index contributed by atoms with van der Waals surface area (Å²) in [6.07, 6.45) is -0.188. The first-order chi connectivity index (χ1) is 9.11. The van der Waals surface area contributed by atoms with E-state index in [1.54, 1.807) is 13.2 Å². The highest BCUT2D eigenvalue weighted by atomic mass is 16.6. The first-order valence-corrected chi connectivity index (χ1v) is 6.03. The fourth-order valence-corrected chi connectivity index (χ4v) is 2.29. The Balaban J connectivity index is 2.22. The van der Waals surface area contributed by atoms with Gasteiger partial charge in [-0.25, -0.2) is 4.79 Å². The van der Waals surface area contributed by atoms with Crippen LogP contribution in [0.3, 0.4) is 0 Å². The summed E-state index contributed by atoms with van der Waals surface area (Å²) < 4.78 is 16.3. The minimum Gasteiger partial charge on any atom is -0.496 e. The van der Waals surface area contributed by atoms with Crippen LogP contribution in [-0.4, -0.2) is 13.2 Å². The molecule has 0 bridgehead atoms. The van der Waals surface area contributed by atoms with Gasteiger partial charge in [0.2, 0.25) is 0 Å². The molecule has 0 radical (unpaired) electrons. The third kappa shape index (κ3) is 1.94. The molecule has 19 heavy (non-hydrogen) atoms. The summed E-state index contributed by atoms with van der Waals surface area (Å²) in [4.78, 5) is 11.4. The number of rotatable bonds is 3. The fraction of sp³-hybridized carbons (Fsp3) is 0.267. The number of methoxy groups -OCH3 is 1. The van der Waals surface area contributed by atoms with Gasteiger partial charge in [0.05, 0.1) is 12.7 Å². The van der Waals surface area contributed by atoms with Crippen molar-refractivity contribution in [1.82, 2.24) is 0 Å². The van der Waals surface area contributed by atoms with Crippen LogP contribution in [0, 0.1) is 0 Å². The Morgan fingerprint density at radius 3 is 2.68 bits per heavy atom. The van der Waals surface area contributed by atoms with Crippen molar-refractivity contribution in [3.8, 4) is 5.75 Å². The van der Waals surface area contributed by atoms with Crippen molar-refractivity contribution < 1.29 is 13.9 Å². The number of epoxide rings is 1. The van der Waals surface area contributed by atoms with E-state index in [0.717, 1.165) is 16.5 Å². The number of benzene rings is 1. The molecular weight excluding hydrogens is 244 g/mol. The zero-order valence-electron chi connectivity index (χ0n) is 10.8. The molecule has 1 aliphatic rings. The van der Waals surface area contributed by atoms with Crippen LogP contribution >= 0.6 is 0 Å². The van der Waals surface area contributed by atoms with Gasteiger partial charge in [-0.1, -0.05) is 6.58 Å². The van der Waals surface area contributed by atoms with Gasteiger partial charge in [0.25, 0.3) is 0 Å². The number of hydrogen-bond acceptors (Lipinski definition) is 4. The monoisotopic (exact) mass is 258 g/mol. The van der Waals surface area contributed by atoms with Gasteiger partial charge in [-0.2, -0.15) is 0 Å². The van der Waals surface area contributed by atoms with Crippen LogP contribution in [0.5, 0.6) is 5.75 Å². The minimum atomic E-state index is -0.380. The van der Waals surface area contributed by atoms with Crippen LogP contribution in [0.2, 0.25) is 0 Å². The molecule has 0 N–H and O–H groups in total. The molecule has 1 aromatic carbocycles. The lowest BCUT2D eigenvalue weighted by Gasteiger charge is -2.08. The van der Waals surface area contributed by atoms with Gasteiger partial charge in [0.1, 0.15) is 23.5 Å². The van der Waals surface area contributed by atoms with E-state index in [1.807, 2.05) is 19.1 Å². The van der Waals surface area contributed by atoms with Crippen molar-refractivity contribution in [2.24, 2.45) is 0 Å². The van der Waals surface area contributed by atoms with Crippen LogP contribution in [-0.2, 0) is 4.74 Å². The Labute approximate surface area is 110 Å². The van der Waals surface area contributed by atoms with Gasteiger partial charge in [0, 0.05) is 11.5 Å². The molecule has 1 saturated heterocycles. The fourth-order valence-electron chi connectivity index (χ4n) is 2.29. The van der Waals surface area contributed by atoms with Gasteiger partial charge < -0.3 is 13.9 Å². The molecule has 0 aliphatic carbocycles. The predicted octanol–water partition coefficient (Wildman–Crippen LogP) is 2.82. The highest BCUT2D eigenvalue weighted by Crippen LogP contribution is 2.48. The van der Waals surface area contributed by atoms with Crippen LogP contribution in [0.1, 0.15) is 18.6 Å². The lowest BCUT2D eigenvalue weighted by atomic mass is 10.0. The Hall–Kier alpha value is -2.07. The average molecular weight is 258 g/mol. The summed E-state index contributed by atoms with van der Waals surface area (Å²) in [6, 6.07) is 6.86. The van der Waals surface area contributed by atoms with E-state index < -0.39 is 0 Å². The normalized spacial score (nSPS) is 21.4. The maximum Gasteiger partial charge on any atom is 0.336 e. The molecule has 3 rings (SSSR count). The highest BCUT2D eigenvalue weighted by molar-refractivity contribution is 5.83. The van der Waals surface area contributed by atoms with Gasteiger partial charge in [-0.05, 0) is 30.7 Å². The van der Waals surface area contributed by atoms with Crippen molar-refractivity contribution >= 4 is 11.0 Å². The second kappa shape index (κ2) is 4.24. The molecule has 0 unspecified atom stereocenters. The zero-order valence-corrected chi connectivity index (χ0v) is 10.8. The molecule has 1 aliphatic heterocycles. The third-order valence-electron chi connectivity index (χ3n) is 3.27. The van der Waals surface area contributed by atoms with Crippen molar-refractivity contribution in [3.05, 3.63) is 52.4 Å². The van der Waals surface area contributed by atoms with Gasteiger partial charge in [0.15, 0.2) is 0 Å². The van der Waals surface area contributed by atoms with Gasteiger partial charge in [-0.3, -0.25) is 0 Å². The molecular formula is C15H14O4. The van der Waals surface area contributed by atoms with E-state index >= 15 is 0 Å². The molecule has 4 heteroatoms. The second-order valence-electron chi connectivity index (χ2n) is 4.68. The van der Waals surface area contributed by atoms with Gasteiger partial charge >= 0.3 is 5.63 Å². The van der Waals surface area contributed by atoms with Crippen LogP contribution in [0.15, 0.2) is 45.6 Å². The summed E-state index contributed by atoms with van der Waals surface area (Å²) in [7, 11) is 1.59. The SMILES string of the molecule is C=C(C)[C@@H]1O[C@@H]1c1c(OC)ccc2ccc(=O)oc12. The standard InChI is InChI=1S/C15H14O4/c1-8(2)13-15(19-13)12-10(17-3)6-4-9-5-7-11(16)18-14(9)12/h4-7,13,15H,1H2,2-3H3/t13-,15+/m0/s1. The Bertz CT molecular complexity index is 714. The molecule has 0 saturated carbocycles. The molecule has 4 nitrogen and oxygen atoms in total. The van der Waals surface area contributed by atoms with Crippen LogP contribution < -0.4 is 10.4 Å². The average Bonchev–Trinajstić information content (AvgIpc) is 3.17. The molecule has 0 amide bonds. The summed E-state index contributed by atoms with van der Waals surface area (Å²) in [5.41, 5.74) is 1.88. The molecule has 2 atom stereocenters. The van der Waals surface area contributed by atoms with Crippen LogP contribution in [0.25, 0.3) is 11.0 Å². The minimum absolute atomic E-state index is 0.0370. The largest absolute Gasteiger partial charge is 0.496 e. The van der Waals surface area contributed by atoms with E-state index in [9.17, 15) is 4.79 Å². The van der Waals surface area contributed by atoms with Crippen LogP contribution in [0.4, 0.5) is 0 Å². The zero-order chi connectivity index (χ0) is 13.6. The van der Waals surface area contributed by atoms with Crippen molar-refractivity contribution in [1.29, 1.82) is 0 Å². The Morgan fingerprint density at radius 2 is 2.05 bits per heavy atom. The molecule has 1 aromatic heterocycles. The molecule has 0 spiro atoms. The summed E-state index contributed by atoms with van der Waals surface area (Å²) >= 11 is 0. The first-order valence-electron chi connectivity index (χ1n) is 6.03. The van der Waals surface area contributed by atoms with Gasteiger partial charge in [-0.15, -0.1) is 0 Å². The molecule has 2 heterocycles. The Kier molecular flexibility index (Phi) is 2.68. The summed E-state index contributed by atoms with van der Waals surface area (Å²) in [5.74, 6) is 0.663. The second-order valence-corrected chi connectivity index (χ2v) is 4.68. The van der Waals surface area contributed by atoms with E-state index in [2.05, 4.69) is 6.58 Å². The first kappa shape index (κ1) is 12.0. The quantitative estimate of drug-likeness (QED) is 0.482. The van der Waals surface area contributed by atoms with Crippen molar-refractivity contribution in [2.45, 2.75) is 19.1 Å². The van der Waals surface area contributed by atoms with Crippen molar-refractivity contribution in [2.75, 3.05) is 7.11 Å². The lowest BCUT2D eigenvalue weighted by molar-refractivity contribution is 0.370. The van der Waals surface area contributed by atoms with Crippen molar-refractivity contribution in [3.63, 3.8) is 0 Å². The summed E-state index contributed by atoms with van der Waals surface area (Å²) in [6.45, 7) is 5.80. The van der Waals surface area contributed by atoms with E-state index in [0.29, 0.717) is 11.3 Å². The number of ether oxygens (including phenoxy) is 2. The maximum absolute atomic E-state index is 11.4. The maximum atomic E-state index is 11.4. The molecule has 2 aromatic rings. The van der Waals surface area contributed by atoms with E-state index in [1.165, 1.54) is 6.07 Å². The number of fused-ring (bicyclic) bond motifs is 1. The molecule has 98 valence electrons. The van der Waals surface area contributed by atoms with E-state index in [-0.39, 0.29) is 17.8 Å². The number of hydrogen-bond donors (Lipinski definition) is 0. The Morgan fingerprint density at radius 1 is 1.32 bits per heavy atom.